The Morgan fingerprint density at radius 3 is 2.14 bits per heavy atom. The molecule has 77 valence electrons. The summed E-state index contributed by atoms with van der Waals surface area (Å²) in [6.07, 6.45) is 2.54. The van der Waals surface area contributed by atoms with Gasteiger partial charge in [0.25, 0.3) is 0 Å². The van der Waals surface area contributed by atoms with Crippen LogP contribution in [0.1, 0.15) is 12.5 Å². The Kier molecular flexibility index (Phi) is 4.23. The molecular weight excluding hydrogens is 243 g/mol. The number of halogens is 2. The smallest absolute Gasteiger partial charge is 0.168 e. The van der Waals surface area contributed by atoms with Gasteiger partial charge in [0.2, 0.25) is 0 Å². The van der Waals surface area contributed by atoms with E-state index in [1.807, 2.05) is 13.3 Å². The van der Waals surface area contributed by atoms with Crippen molar-refractivity contribution in [3.63, 3.8) is 0 Å². The van der Waals surface area contributed by atoms with Crippen LogP contribution in [0.15, 0.2) is 17.0 Å². The first kappa shape index (κ1) is 11.8. The van der Waals surface area contributed by atoms with E-state index in [1.54, 1.807) is 0 Å². The minimum Gasteiger partial charge on any atom is -0.227 e. The molecule has 1 aromatic carbocycles. The van der Waals surface area contributed by atoms with Gasteiger partial charge < -0.3 is 0 Å². The van der Waals surface area contributed by atoms with Crippen molar-refractivity contribution in [2.24, 2.45) is 0 Å². The first-order chi connectivity index (χ1) is 6.56. The minimum absolute atomic E-state index is 0.148. The number of hydrogen-bond donors (Lipinski definition) is 1. The highest BCUT2D eigenvalue weighted by Crippen LogP contribution is 2.28. The summed E-state index contributed by atoms with van der Waals surface area (Å²) in [6, 6.07) is 2.83. The molecule has 0 fully saturated rings. The molecule has 0 saturated heterocycles. The molecule has 0 aliphatic rings. The van der Waals surface area contributed by atoms with Crippen LogP contribution in [-0.4, -0.2) is 8.42 Å². The second kappa shape index (κ2) is 5.01. The third kappa shape index (κ3) is 2.62. The average Bonchev–Trinajstić information content (AvgIpc) is 2.10. The number of benzene rings is 1. The van der Waals surface area contributed by atoms with Crippen molar-refractivity contribution in [2.45, 2.75) is 18.2 Å². The van der Waals surface area contributed by atoms with E-state index in [4.69, 9.17) is 23.2 Å². The van der Waals surface area contributed by atoms with Gasteiger partial charge in [-0.1, -0.05) is 30.1 Å². The Bertz CT molecular complexity index is 382. The predicted octanol–water partition coefficient (Wildman–Crippen LogP) is 2.73. The zero-order chi connectivity index (χ0) is 10.7. The highest BCUT2D eigenvalue weighted by molar-refractivity contribution is 7.72. The van der Waals surface area contributed by atoms with E-state index < -0.39 is 10.7 Å². The van der Waals surface area contributed by atoms with Gasteiger partial charge in [-0.2, -0.15) is 0 Å². The van der Waals surface area contributed by atoms with Gasteiger partial charge in [-0.3, -0.25) is 0 Å². The van der Waals surface area contributed by atoms with Gasteiger partial charge in [0.1, 0.15) is 0 Å². The number of hydrogen-bond acceptors (Lipinski definition) is 2. The van der Waals surface area contributed by atoms with Crippen LogP contribution < -0.4 is 0 Å². The molecule has 0 heterocycles. The van der Waals surface area contributed by atoms with Gasteiger partial charge in [-0.05, 0) is 30.5 Å². The summed E-state index contributed by atoms with van der Waals surface area (Å²) >= 11 is 11.8. The lowest BCUT2D eigenvalue weighted by Crippen LogP contribution is -1.90. The summed E-state index contributed by atoms with van der Waals surface area (Å²) in [5.41, 5.74) is 0.761. The second-order valence-electron chi connectivity index (χ2n) is 2.76. The number of thiol groups is 1. The second-order valence-corrected chi connectivity index (χ2v) is 4.60. The molecule has 0 N–H and O–H groups in total. The fraction of sp³-hybridized carbons (Fsp3) is 0.222. The normalized spacial score (nSPS) is 10.9. The van der Waals surface area contributed by atoms with E-state index in [2.05, 4.69) is 0 Å². The van der Waals surface area contributed by atoms with Crippen LogP contribution in [0.5, 0.6) is 0 Å². The van der Waals surface area contributed by atoms with Crippen molar-refractivity contribution in [1.82, 2.24) is 0 Å². The van der Waals surface area contributed by atoms with Gasteiger partial charge >= 0.3 is 0 Å². The third-order valence-electron chi connectivity index (χ3n) is 1.74. The molecule has 0 unspecified atom stereocenters. The Labute approximate surface area is 94.8 Å². The van der Waals surface area contributed by atoms with Crippen molar-refractivity contribution in [3.8, 4) is 0 Å². The summed E-state index contributed by atoms with van der Waals surface area (Å²) in [6.45, 7) is 1.88. The molecule has 5 heteroatoms. The molecule has 0 aliphatic carbocycles. The maximum absolute atomic E-state index is 10.7. The van der Waals surface area contributed by atoms with Crippen LogP contribution in [0.3, 0.4) is 0 Å². The Morgan fingerprint density at radius 1 is 1.29 bits per heavy atom. The molecule has 0 atom stereocenters. The van der Waals surface area contributed by atoms with E-state index in [0.29, 0.717) is 16.5 Å². The molecule has 0 saturated carbocycles. The molecule has 1 rings (SSSR count). The SMILES string of the molecule is C[CH]Cc1c(Cl)cc([SH](=O)=O)cc1Cl. The monoisotopic (exact) mass is 251 g/mol. The summed E-state index contributed by atoms with van der Waals surface area (Å²) < 4.78 is 21.4. The van der Waals surface area contributed by atoms with Crippen molar-refractivity contribution in [1.29, 1.82) is 0 Å². The first-order valence-electron chi connectivity index (χ1n) is 3.96. The lowest BCUT2D eigenvalue weighted by atomic mass is 10.1. The fourth-order valence-electron chi connectivity index (χ4n) is 1.09. The van der Waals surface area contributed by atoms with Crippen molar-refractivity contribution < 1.29 is 8.42 Å². The van der Waals surface area contributed by atoms with Gasteiger partial charge in [-0.25, -0.2) is 8.42 Å². The van der Waals surface area contributed by atoms with Crippen molar-refractivity contribution >= 4 is 33.9 Å². The molecule has 0 amide bonds. The fourth-order valence-corrected chi connectivity index (χ4v) is 2.36. The molecule has 0 spiro atoms. The average molecular weight is 252 g/mol. The highest BCUT2D eigenvalue weighted by atomic mass is 35.5. The van der Waals surface area contributed by atoms with Gasteiger partial charge in [0, 0.05) is 10.0 Å². The van der Waals surface area contributed by atoms with E-state index in [-0.39, 0.29) is 4.90 Å². The number of rotatable bonds is 3. The molecule has 2 nitrogen and oxygen atoms in total. The lowest BCUT2D eigenvalue weighted by Gasteiger charge is -2.05. The largest absolute Gasteiger partial charge is 0.227 e. The summed E-state index contributed by atoms with van der Waals surface area (Å²) in [5, 5.41) is 0.787. The van der Waals surface area contributed by atoms with Gasteiger partial charge in [-0.15, -0.1) is 0 Å². The van der Waals surface area contributed by atoms with Gasteiger partial charge in [0.15, 0.2) is 10.7 Å². The standard InChI is InChI=1S/C9H9Cl2O2S/c1-2-3-7-8(10)4-6(14(12)13)5-9(7)11/h2,4-5,14H,3H2,1H3. The Hall–Kier alpha value is -0.250. The van der Waals surface area contributed by atoms with Crippen LogP contribution in [-0.2, 0) is 17.1 Å². The van der Waals surface area contributed by atoms with E-state index in [0.717, 1.165) is 5.56 Å². The highest BCUT2D eigenvalue weighted by Gasteiger charge is 2.08. The van der Waals surface area contributed by atoms with Crippen LogP contribution in [0.25, 0.3) is 0 Å². The van der Waals surface area contributed by atoms with E-state index in [1.165, 1.54) is 12.1 Å². The van der Waals surface area contributed by atoms with Crippen LogP contribution in [0.4, 0.5) is 0 Å². The molecule has 1 aromatic rings. The summed E-state index contributed by atoms with van der Waals surface area (Å²) in [4.78, 5) is 0.148. The zero-order valence-corrected chi connectivity index (χ0v) is 9.87. The maximum atomic E-state index is 10.7. The van der Waals surface area contributed by atoms with E-state index in [9.17, 15) is 8.42 Å². The molecule has 0 aliphatic heterocycles. The molecule has 14 heavy (non-hydrogen) atoms. The van der Waals surface area contributed by atoms with E-state index >= 15 is 0 Å². The Morgan fingerprint density at radius 2 is 1.79 bits per heavy atom. The quantitative estimate of drug-likeness (QED) is 0.839. The van der Waals surface area contributed by atoms with Gasteiger partial charge in [0.05, 0.1) is 4.90 Å². The van der Waals surface area contributed by atoms with Crippen LogP contribution >= 0.6 is 23.2 Å². The third-order valence-corrected chi connectivity index (χ3v) is 3.10. The first-order valence-corrected chi connectivity index (χ1v) is 5.89. The van der Waals surface area contributed by atoms with Crippen LogP contribution in [0, 0.1) is 6.42 Å². The van der Waals surface area contributed by atoms with Crippen LogP contribution in [0.2, 0.25) is 10.0 Å². The Balaban J connectivity index is 3.24. The van der Waals surface area contributed by atoms with Crippen molar-refractivity contribution in [2.75, 3.05) is 0 Å². The maximum Gasteiger partial charge on any atom is 0.168 e. The summed E-state index contributed by atoms with van der Waals surface area (Å²) in [7, 11) is -2.63. The molecule has 0 bridgehead atoms. The molecule has 0 aromatic heterocycles. The lowest BCUT2D eigenvalue weighted by molar-refractivity contribution is 0.614. The predicted molar refractivity (Wildman–Crippen MR) is 58.7 cm³/mol. The zero-order valence-electron chi connectivity index (χ0n) is 7.46. The topological polar surface area (TPSA) is 34.1 Å². The summed E-state index contributed by atoms with van der Waals surface area (Å²) in [5.74, 6) is 0. The van der Waals surface area contributed by atoms with Crippen molar-refractivity contribution in [3.05, 3.63) is 34.2 Å². The minimum atomic E-state index is -2.63. The molecule has 1 radical (unpaired) electrons. The molecular formula is C9H9Cl2O2S.